The highest BCUT2D eigenvalue weighted by Crippen LogP contribution is 2.20. The van der Waals surface area contributed by atoms with Crippen LogP contribution < -0.4 is 0 Å². The number of carboxylic acids is 1. The second kappa shape index (κ2) is 5.47. The molecule has 0 saturated heterocycles. The molecule has 1 rings (SSSR count). The third kappa shape index (κ3) is 3.51. The Bertz CT molecular complexity index is 397. The molecule has 0 bridgehead atoms. The van der Waals surface area contributed by atoms with E-state index in [0.29, 0.717) is 0 Å². The molecule has 0 aliphatic rings. The number of benzene rings is 1. The Morgan fingerprint density at radius 2 is 2.12 bits per heavy atom. The molecule has 3 heteroatoms. The van der Waals surface area contributed by atoms with E-state index in [0.717, 1.165) is 5.56 Å². The van der Waals surface area contributed by atoms with E-state index < -0.39 is 5.97 Å². The van der Waals surface area contributed by atoms with Crippen LogP contribution in [0.2, 0.25) is 0 Å². The van der Waals surface area contributed by atoms with Crippen LogP contribution in [0, 0.1) is 6.92 Å². The summed E-state index contributed by atoms with van der Waals surface area (Å²) < 4.78 is 0. The van der Waals surface area contributed by atoms with Gasteiger partial charge in [0.15, 0.2) is 0 Å². The lowest BCUT2D eigenvalue weighted by Crippen LogP contribution is -2.18. The molecule has 1 aromatic rings. The minimum absolute atomic E-state index is 0.00370. The number of rotatable bonds is 4. The van der Waals surface area contributed by atoms with Crippen LogP contribution in [0.25, 0.3) is 0 Å². The fourth-order valence-electron chi connectivity index (χ4n) is 1.61. The Morgan fingerprint density at radius 3 is 2.62 bits per heavy atom. The average Bonchev–Trinajstić information content (AvgIpc) is 2.17. The molecule has 0 amide bonds. The van der Waals surface area contributed by atoms with Crippen molar-refractivity contribution < 1.29 is 9.90 Å². The van der Waals surface area contributed by atoms with Crippen molar-refractivity contribution in [3.63, 3.8) is 0 Å². The zero-order valence-corrected chi connectivity index (χ0v) is 9.84. The van der Waals surface area contributed by atoms with Crippen LogP contribution in [0.15, 0.2) is 36.4 Å². The average molecular weight is 219 g/mol. The van der Waals surface area contributed by atoms with Crippen molar-refractivity contribution in [3.05, 3.63) is 47.5 Å². The molecule has 16 heavy (non-hydrogen) atoms. The van der Waals surface area contributed by atoms with E-state index in [1.54, 1.807) is 6.08 Å². The van der Waals surface area contributed by atoms with Crippen LogP contribution in [0.4, 0.5) is 0 Å². The minimum atomic E-state index is -0.917. The predicted octanol–water partition coefficient (Wildman–Crippen LogP) is 2.24. The number of likely N-dealkylation sites (N-methyl/N-ethyl adjacent to an activating group) is 1. The molecule has 1 aromatic carbocycles. The molecule has 0 spiro atoms. The Hall–Kier alpha value is -1.61. The van der Waals surface area contributed by atoms with Gasteiger partial charge in [-0.3, -0.25) is 4.90 Å². The lowest BCUT2D eigenvalue weighted by molar-refractivity contribution is -0.131. The molecule has 0 radical (unpaired) electrons. The third-order valence-corrected chi connectivity index (χ3v) is 2.36. The molecular weight excluding hydrogens is 202 g/mol. The first kappa shape index (κ1) is 12.5. The van der Waals surface area contributed by atoms with Crippen molar-refractivity contribution >= 4 is 5.97 Å². The van der Waals surface area contributed by atoms with Gasteiger partial charge >= 0.3 is 5.97 Å². The summed E-state index contributed by atoms with van der Waals surface area (Å²) in [6, 6.07) is 8.07. The predicted molar refractivity (Wildman–Crippen MR) is 64.4 cm³/mol. The summed E-state index contributed by atoms with van der Waals surface area (Å²) in [7, 11) is 3.86. The summed E-state index contributed by atoms with van der Waals surface area (Å²) in [6.07, 6.45) is 2.88. The third-order valence-electron chi connectivity index (χ3n) is 2.36. The van der Waals surface area contributed by atoms with E-state index in [-0.39, 0.29) is 6.04 Å². The molecule has 0 aliphatic heterocycles. The first-order valence-corrected chi connectivity index (χ1v) is 5.15. The molecule has 1 N–H and O–H groups in total. The van der Waals surface area contributed by atoms with Gasteiger partial charge in [-0.2, -0.15) is 0 Å². The molecule has 1 atom stereocenters. The SMILES string of the molecule is Cc1cccc(C(/C=C/C(=O)O)N(C)C)c1. The summed E-state index contributed by atoms with van der Waals surface area (Å²) in [5, 5.41) is 8.64. The molecule has 3 nitrogen and oxygen atoms in total. The van der Waals surface area contributed by atoms with Gasteiger partial charge in [-0.1, -0.05) is 35.9 Å². The normalized spacial score (nSPS) is 13.2. The maximum atomic E-state index is 10.5. The van der Waals surface area contributed by atoms with Crippen LogP contribution in [0.1, 0.15) is 17.2 Å². The standard InChI is InChI=1S/C13H17NO2/c1-10-5-4-6-11(9-10)12(14(2)3)7-8-13(15)16/h4-9,12H,1-3H3,(H,15,16)/b8-7+. The lowest BCUT2D eigenvalue weighted by atomic mass is 10.0. The van der Waals surface area contributed by atoms with Gasteiger partial charge in [0.05, 0.1) is 6.04 Å². The van der Waals surface area contributed by atoms with Crippen LogP contribution in [-0.4, -0.2) is 30.1 Å². The summed E-state index contributed by atoms with van der Waals surface area (Å²) in [5.41, 5.74) is 2.27. The highest BCUT2D eigenvalue weighted by molar-refractivity contribution is 5.79. The molecule has 0 aromatic heterocycles. The Morgan fingerprint density at radius 1 is 1.44 bits per heavy atom. The summed E-state index contributed by atoms with van der Waals surface area (Å²) in [4.78, 5) is 12.5. The van der Waals surface area contributed by atoms with E-state index in [1.807, 2.05) is 44.1 Å². The highest BCUT2D eigenvalue weighted by Gasteiger charge is 2.10. The van der Waals surface area contributed by atoms with Crippen LogP contribution in [-0.2, 0) is 4.79 Å². The van der Waals surface area contributed by atoms with Crippen molar-refractivity contribution in [1.82, 2.24) is 4.90 Å². The zero-order chi connectivity index (χ0) is 12.1. The van der Waals surface area contributed by atoms with E-state index in [9.17, 15) is 4.79 Å². The number of carbonyl (C=O) groups is 1. The summed E-state index contributed by atoms with van der Waals surface area (Å²) in [6.45, 7) is 2.02. The maximum Gasteiger partial charge on any atom is 0.328 e. The number of aryl methyl sites for hydroxylation is 1. The first-order chi connectivity index (χ1) is 7.50. The van der Waals surface area contributed by atoms with Crippen LogP contribution in [0.5, 0.6) is 0 Å². The van der Waals surface area contributed by atoms with E-state index in [4.69, 9.17) is 5.11 Å². The van der Waals surface area contributed by atoms with Crippen LogP contribution >= 0.6 is 0 Å². The van der Waals surface area contributed by atoms with Gasteiger partial charge in [0.1, 0.15) is 0 Å². The minimum Gasteiger partial charge on any atom is -0.478 e. The highest BCUT2D eigenvalue weighted by atomic mass is 16.4. The van der Waals surface area contributed by atoms with Gasteiger partial charge in [-0.25, -0.2) is 4.79 Å². The quantitative estimate of drug-likeness (QED) is 0.789. The summed E-state index contributed by atoms with van der Waals surface area (Å²) in [5.74, 6) is -0.917. The number of nitrogens with zero attached hydrogens (tertiary/aromatic N) is 1. The largest absolute Gasteiger partial charge is 0.478 e. The fourth-order valence-corrected chi connectivity index (χ4v) is 1.61. The Labute approximate surface area is 96.0 Å². The van der Waals surface area contributed by atoms with Gasteiger partial charge in [0, 0.05) is 6.08 Å². The van der Waals surface area contributed by atoms with Gasteiger partial charge in [-0.15, -0.1) is 0 Å². The van der Waals surface area contributed by atoms with Crippen molar-refractivity contribution in [1.29, 1.82) is 0 Å². The second-order valence-corrected chi connectivity index (χ2v) is 4.02. The number of carboxylic acid groups (broad SMARTS) is 1. The molecule has 0 fully saturated rings. The van der Waals surface area contributed by atoms with E-state index in [2.05, 4.69) is 6.07 Å². The van der Waals surface area contributed by atoms with Gasteiger partial charge in [0.25, 0.3) is 0 Å². The monoisotopic (exact) mass is 219 g/mol. The van der Waals surface area contributed by atoms with Gasteiger partial charge in [-0.05, 0) is 26.6 Å². The number of aliphatic carboxylic acids is 1. The first-order valence-electron chi connectivity index (χ1n) is 5.15. The van der Waals surface area contributed by atoms with Crippen LogP contribution in [0.3, 0.4) is 0 Å². The van der Waals surface area contributed by atoms with Crippen molar-refractivity contribution in [2.24, 2.45) is 0 Å². The number of hydrogen-bond acceptors (Lipinski definition) is 2. The smallest absolute Gasteiger partial charge is 0.328 e. The fraction of sp³-hybridized carbons (Fsp3) is 0.308. The second-order valence-electron chi connectivity index (χ2n) is 4.02. The Kier molecular flexibility index (Phi) is 4.26. The summed E-state index contributed by atoms with van der Waals surface area (Å²) >= 11 is 0. The lowest BCUT2D eigenvalue weighted by Gasteiger charge is -2.21. The molecule has 0 saturated carbocycles. The molecule has 1 unspecified atom stereocenters. The van der Waals surface area contributed by atoms with E-state index >= 15 is 0 Å². The molecule has 86 valence electrons. The Balaban J connectivity index is 2.98. The van der Waals surface area contributed by atoms with Gasteiger partial charge in [0.2, 0.25) is 0 Å². The molecule has 0 heterocycles. The van der Waals surface area contributed by atoms with Gasteiger partial charge < -0.3 is 5.11 Å². The molecular formula is C13H17NO2. The zero-order valence-electron chi connectivity index (χ0n) is 9.84. The molecule has 0 aliphatic carbocycles. The van der Waals surface area contributed by atoms with Crippen molar-refractivity contribution in [3.8, 4) is 0 Å². The maximum absolute atomic E-state index is 10.5. The topological polar surface area (TPSA) is 40.5 Å². The van der Waals surface area contributed by atoms with E-state index in [1.165, 1.54) is 11.6 Å². The van der Waals surface area contributed by atoms with Crippen molar-refractivity contribution in [2.45, 2.75) is 13.0 Å². The number of hydrogen-bond donors (Lipinski definition) is 1. The van der Waals surface area contributed by atoms with Crippen molar-refractivity contribution in [2.75, 3.05) is 14.1 Å².